The average molecular weight is 456 g/mol. The molecule has 0 aliphatic carbocycles. The first kappa shape index (κ1) is 20.6. The van der Waals surface area contributed by atoms with Crippen LogP contribution in [0.25, 0.3) is 0 Å². The van der Waals surface area contributed by atoms with Gasteiger partial charge in [0.05, 0.1) is 21.6 Å². The molecule has 142 valence electrons. The van der Waals surface area contributed by atoms with Gasteiger partial charge in [-0.15, -0.1) is 0 Å². The third kappa shape index (κ3) is 3.98. The molecule has 3 aromatic rings. The largest absolute Gasteiger partial charge is 0.243 e. The Morgan fingerprint density at radius 3 is 2.32 bits per heavy atom. The van der Waals surface area contributed by atoms with Crippen LogP contribution in [-0.2, 0) is 9.84 Å². The third-order valence-corrected chi connectivity index (χ3v) is 6.83. The predicted octanol–water partition coefficient (Wildman–Crippen LogP) is 5.62. The molecule has 0 bridgehead atoms. The van der Waals surface area contributed by atoms with Crippen LogP contribution in [0.15, 0.2) is 59.6 Å². The molecule has 0 spiro atoms. The Hall–Kier alpha value is -2.17. The van der Waals surface area contributed by atoms with Crippen molar-refractivity contribution in [3.63, 3.8) is 0 Å². The Bertz CT molecular complexity index is 1190. The highest BCUT2D eigenvalue weighted by Gasteiger charge is 2.35. The van der Waals surface area contributed by atoms with Gasteiger partial charge in [-0.3, -0.25) is 0 Å². The number of hydrogen-bond acceptors (Lipinski definition) is 4. The van der Waals surface area contributed by atoms with Gasteiger partial charge in [-0.1, -0.05) is 34.8 Å². The minimum absolute atomic E-state index is 0.00583. The number of sulfone groups is 1. The number of nitrogens with zero attached hydrogens (tertiary/aromatic N) is 2. The molecule has 1 atom stereocenters. The highest BCUT2D eigenvalue weighted by molar-refractivity contribution is 7.92. The third-order valence-electron chi connectivity index (χ3n) is 3.99. The second-order valence-electron chi connectivity index (χ2n) is 5.76. The summed E-state index contributed by atoms with van der Waals surface area (Å²) in [6, 6.07) is 12.1. The molecule has 0 amide bonds. The lowest BCUT2D eigenvalue weighted by Gasteiger charge is -2.21. The summed E-state index contributed by atoms with van der Waals surface area (Å²) < 4.78 is 41.6. The smallest absolute Gasteiger partial charge is 0.189 e. The van der Waals surface area contributed by atoms with Crippen molar-refractivity contribution in [2.75, 3.05) is 0 Å². The van der Waals surface area contributed by atoms with Gasteiger partial charge in [0.1, 0.15) is 16.2 Å². The van der Waals surface area contributed by atoms with E-state index in [9.17, 15) is 12.8 Å². The van der Waals surface area contributed by atoms with Gasteiger partial charge in [-0.05, 0) is 54.1 Å². The molecule has 0 fully saturated rings. The molecule has 9 heteroatoms. The van der Waals surface area contributed by atoms with Crippen LogP contribution < -0.4 is 0 Å². The summed E-state index contributed by atoms with van der Waals surface area (Å²) in [5.74, 6) is -0.800. The van der Waals surface area contributed by atoms with Gasteiger partial charge in [0.2, 0.25) is 0 Å². The first-order valence-electron chi connectivity index (χ1n) is 7.74. The molecule has 1 unspecified atom stereocenters. The molecule has 0 saturated carbocycles. The standard InChI is InChI=1S/C19H10Cl3FN2O2S/c20-12-2-4-13(5-3-12)28(26,27)19(14-8-18(22)25-10-16(14)21)15-7-11(9-24)1-6-17(15)23/h1-8,10,19H. The lowest BCUT2D eigenvalue weighted by molar-refractivity contribution is 0.577. The molecule has 28 heavy (non-hydrogen) atoms. The van der Waals surface area contributed by atoms with E-state index >= 15 is 0 Å². The maximum Gasteiger partial charge on any atom is 0.189 e. The average Bonchev–Trinajstić information content (AvgIpc) is 2.66. The fourth-order valence-corrected chi connectivity index (χ4v) is 5.11. The van der Waals surface area contributed by atoms with Crippen LogP contribution in [0.4, 0.5) is 4.39 Å². The molecule has 1 aromatic heterocycles. The van der Waals surface area contributed by atoms with Gasteiger partial charge in [0, 0.05) is 16.8 Å². The van der Waals surface area contributed by atoms with E-state index in [-0.39, 0.29) is 31.8 Å². The molecule has 0 radical (unpaired) electrons. The SMILES string of the molecule is N#Cc1ccc(F)c(C(c2cc(Cl)ncc2Cl)S(=O)(=O)c2ccc(Cl)cc2)c1. The number of nitriles is 1. The lowest BCUT2D eigenvalue weighted by atomic mass is 10.0. The van der Waals surface area contributed by atoms with Gasteiger partial charge < -0.3 is 0 Å². The first-order valence-corrected chi connectivity index (χ1v) is 10.4. The fraction of sp³-hybridized carbons (Fsp3) is 0.0526. The summed E-state index contributed by atoms with van der Waals surface area (Å²) in [6.45, 7) is 0. The van der Waals surface area contributed by atoms with Gasteiger partial charge in [-0.25, -0.2) is 17.8 Å². The van der Waals surface area contributed by atoms with Crippen molar-refractivity contribution in [2.24, 2.45) is 0 Å². The van der Waals surface area contributed by atoms with Crippen LogP contribution in [0.5, 0.6) is 0 Å². The molecule has 0 saturated heterocycles. The maximum absolute atomic E-state index is 14.7. The summed E-state index contributed by atoms with van der Waals surface area (Å²) in [6.07, 6.45) is 1.19. The highest BCUT2D eigenvalue weighted by atomic mass is 35.5. The Balaban J connectivity index is 2.34. The van der Waals surface area contributed by atoms with Crippen molar-refractivity contribution in [3.05, 3.63) is 92.4 Å². The quantitative estimate of drug-likeness (QED) is 0.479. The van der Waals surface area contributed by atoms with E-state index in [1.54, 1.807) is 0 Å². The Labute approximate surface area is 176 Å². The van der Waals surface area contributed by atoms with Crippen molar-refractivity contribution >= 4 is 44.6 Å². The minimum Gasteiger partial charge on any atom is -0.243 e. The molecule has 4 nitrogen and oxygen atoms in total. The van der Waals surface area contributed by atoms with Gasteiger partial charge >= 0.3 is 0 Å². The van der Waals surface area contributed by atoms with Crippen LogP contribution in [0, 0.1) is 17.1 Å². The number of halogens is 4. The van der Waals surface area contributed by atoms with Crippen LogP contribution >= 0.6 is 34.8 Å². The molecule has 0 aliphatic rings. The second-order valence-corrected chi connectivity index (χ2v) is 9.02. The van der Waals surface area contributed by atoms with Crippen LogP contribution in [0.1, 0.15) is 21.9 Å². The number of pyridine rings is 1. The van der Waals surface area contributed by atoms with E-state index in [1.807, 2.05) is 6.07 Å². The number of benzene rings is 2. The maximum atomic E-state index is 14.7. The van der Waals surface area contributed by atoms with Crippen molar-refractivity contribution in [1.29, 1.82) is 5.26 Å². The zero-order valence-electron chi connectivity index (χ0n) is 13.9. The van der Waals surface area contributed by atoms with Crippen molar-refractivity contribution in [1.82, 2.24) is 4.98 Å². The van der Waals surface area contributed by atoms with E-state index in [4.69, 9.17) is 40.1 Å². The predicted molar refractivity (Wildman–Crippen MR) is 106 cm³/mol. The fourth-order valence-electron chi connectivity index (χ4n) is 2.70. The zero-order chi connectivity index (χ0) is 20.5. The molecular formula is C19H10Cl3FN2O2S. The number of aromatic nitrogens is 1. The summed E-state index contributed by atoms with van der Waals surface area (Å²) in [7, 11) is -4.19. The molecule has 1 heterocycles. The van der Waals surface area contributed by atoms with E-state index in [0.717, 1.165) is 6.07 Å². The number of rotatable bonds is 4. The molecular weight excluding hydrogens is 446 g/mol. The second kappa shape index (κ2) is 8.06. The molecule has 0 N–H and O–H groups in total. The van der Waals surface area contributed by atoms with Crippen molar-refractivity contribution in [2.45, 2.75) is 10.1 Å². The summed E-state index contributed by atoms with van der Waals surface area (Å²) in [5.41, 5.74) is -0.0762. The molecule has 2 aromatic carbocycles. The summed E-state index contributed by atoms with van der Waals surface area (Å²) >= 11 is 18.0. The van der Waals surface area contributed by atoms with Gasteiger partial charge in [-0.2, -0.15) is 5.26 Å². The van der Waals surface area contributed by atoms with Gasteiger partial charge in [0.25, 0.3) is 0 Å². The minimum atomic E-state index is -4.19. The summed E-state index contributed by atoms with van der Waals surface area (Å²) in [5, 5.41) is 7.95. The lowest BCUT2D eigenvalue weighted by Crippen LogP contribution is -2.17. The van der Waals surface area contributed by atoms with E-state index < -0.39 is 20.9 Å². The van der Waals surface area contributed by atoms with Crippen LogP contribution in [0.3, 0.4) is 0 Å². The van der Waals surface area contributed by atoms with Crippen molar-refractivity contribution in [3.8, 4) is 6.07 Å². The topological polar surface area (TPSA) is 70.8 Å². The van der Waals surface area contributed by atoms with E-state index in [0.29, 0.717) is 5.02 Å². The van der Waals surface area contributed by atoms with E-state index in [1.165, 1.54) is 48.7 Å². The monoisotopic (exact) mass is 454 g/mol. The van der Waals surface area contributed by atoms with Crippen LogP contribution in [-0.4, -0.2) is 13.4 Å². The highest BCUT2D eigenvalue weighted by Crippen LogP contribution is 2.40. The molecule has 0 aliphatic heterocycles. The molecule has 3 rings (SSSR count). The Morgan fingerprint density at radius 1 is 1.00 bits per heavy atom. The Kier molecular flexibility index (Phi) is 5.92. The van der Waals surface area contributed by atoms with Crippen molar-refractivity contribution < 1.29 is 12.8 Å². The zero-order valence-corrected chi connectivity index (χ0v) is 17.0. The van der Waals surface area contributed by atoms with E-state index in [2.05, 4.69) is 4.98 Å². The summed E-state index contributed by atoms with van der Waals surface area (Å²) in [4.78, 5) is 3.72. The normalized spacial score (nSPS) is 12.4. The number of hydrogen-bond donors (Lipinski definition) is 0. The first-order chi connectivity index (χ1) is 13.2. The van der Waals surface area contributed by atoms with Gasteiger partial charge in [0.15, 0.2) is 9.84 Å². The Morgan fingerprint density at radius 2 is 1.68 bits per heavy atom. The van der Waals surface area contributed by atoms with Crippen LogP contribution in [0.2, 0.25) is 15.2 Å².